The van der Waals surface area contributed by atoms with E-state index in [1.54, 1.807) is 24.3 Å². The summed E-state index contributed by atoms with van der Waals surface area (Å²) in [7, 11) is 0. The first-order chi connectivity index (χ1) is 8.38. The zero-order valence-electron chi connectivity index (χ0n) is 10.2. The average molecular weight is 329 g/mol. The third-order valence-electron chi connectivity index (χ3n) is 2.82. The second-order valence-corrected chi connectivity index (χ2v) is 6.74. The minimum absolute atomic E-state index is 0.280. The van der Waals surface area contributed by atoms with Gasteiger partial charge in [0, 0.05) is 20.6 Å². The molecule has 1 nitrogen and oxygen atoms in total. The van der Waals surface area contributed by atoms with Crippen molar-refractivity contribution >= 4 is 27.3 Å². The van der Waals surface area contributed by atoms with Crippen molar-refractivity contribution in [3.63, 3.8) is 0 Å². The molecule has 96 valence electrons. The van der Waals surface area contributed by atoms with E-state index in [1.165, 1.54) is 17.0 Å². The van der Waals surface area contributed by atoms with E-state index in [4.69, 9.17) is 0 Å². The second kappa shape index (κ2) is 5.11. The van der Waals surface area contributed by atoms with Gasteiger partial charge in [-0.15, -0.1) is 11.3 Å². The van der Waals surface area contributed by atoms with Gasteiger partial charge in [0.1, 0.15) is 5.82 Å². The van der Waals surface area contributed by atoms with Crippen LogP contribution in [0.3, 0.4) is 0 Å². The monoisotopic (exact) mass is 328 g/mol. The van der Waals surface area contributed by atoms with E-state index in [9.17, 15) is 9.50 Å². The number of aryl methyl sites for hydroxylation is 1. The van der Waals surface area contributed by atoms with Gasteiger partial charge in [-0.05, 0) is 43.7 Å². The lowest BCUT2D eigenvalue weighted by atomic mass is 9.95. The molecule has 1 aromatic heterocycles. The summed E-state index contributed by atoms with van der Waals surface area (Å²) in [6.07, 6.45) is 0.452. The Morgan fingerprint density at radius 1 is 1.33 bits per heavy atom. The molecule has 0 aliphatic carbocycles. The number of hydrogen-bond donors (Lipinski definition) is 1. The first-order valence-electron chi connectivity index (χ1n) is 5.62. The van der Waals surface area contributed by atoms with Crippen LogP contribution in [0.4, 0.5) is 4.39 Å². The zero-order chi connectivity index (χ0) is 13.3. The van der Waals surface area contributed by atoms with Crippen LogP contribution in [0.5, 0.6) is 0 Å². The van der Waals surface area contributed by atoms with Crippen LogP contribution < -0.4 is 0 Å². The van der Waals surface area contributed by atoms with Gasteiger partial charge in [0.25, 0.3) is 0 Å². The SMILES string of the molecule is Cc1ccc(C(C)(O)Cc2ccc(F)cc2Br)s1. The number of benzene rings is 1. The summed E-state index contributed by atoms with van der Waals surface area (Å²) in [4.78, 5) is 2.10. The summed E-state index contributed by atoms with van der Waals surface area (Å²) in [5, 5.41) is 10.5. The van der Waals surface area contributed by atoms with Gasteiger partial charge in [-0.3, -0.25) is 0 Å². The third kappa shape index (κ3) is 2.99. The topological polar surface area (TPSA) is 20.2 Å². The van der Waals surface area contributed by atoms with Crippen LogP contribution in [0.25, 0.3) is 0 Å². The first kappa shape index (κ1) is 13.7. The van der Waals surface area contributed by atoms with Gasteiger partial charge in [0.15, 0.2) is 0 Å². The molecule has 0 saturated carbocycles. The van der Waals surface area contributed by atoms with E-state index in [-0.39, 0.29) is 5.82 Å². The molecule has 0 spiro atoms. The van der Waals surface area contributed by atoms with Crippen molar-refractivity contribution in [3.8, 4) is 0 Å². The molecule has 0 saturated heterocycles. The summed E-state index contributed by atoms with van der Waals surface area (Å²) in [5.74, 6) is -0.280. The van der Waals surface area contributed by atoms with Crippen molar-refractivity contribution < 1.29 is 9.50 Å². The Labute approximate surface area is 118 Å². The summed E-state index contributed by atoms with van der Waals surface area (Å²) in [5.41, 5.74) is -0.0355. The lowest BCUT2D eigenvalue weighted by Gasteiger charge is -2.22. The highest BCUT2D eigenvalue weighted by Crippen LogP contribution is 2.33. The van der Waals surface area contributed by atoms with Gasteiger partial charge in [-0.25, -0.2) is 4.39 Å². The van der Waals surface area contributed by atoms with Crippen LogP contribution in [0.15, 0.2) is 34.8 Å². The molecular weight excluding hydrogens is 315 g/mol. The molecule has 2 aromatic rings. The van der Waals surface area contributed by atoms with Crippen LogP contribution in [0.1, 0.15) is 22.2 Å². The van der Waals surface area contributed by atoms with Gasteiger partial charge >= 0.3 is 0 Å². The first-order valence-corrected chi connectivity index (χ1v) is 7.23. The van der Waals surface area contributed by atoms with Crippen LogP contribution in [-0.2, 0) is 12.0 Å². The van der Waals surface area contributed by atoms with Gasteiger partial charge < -0.3 is 5.11 Å². The van der Waals surface area contributed by atoms with Crippen molar-refractivity contribution in [2.75, 3.05) is 0 Å². The molecule has 0 aliphatic rings. The average Bonchev–Trinajstić information content (AvgIpc) is 2.70. The highest BCUT2D eigenvalue weighted by atomic mass is 79.9. The Hall–Kier alpha value is -0.710. The lowest BCUT2D eigenvalue weighted by Crippen LogP contribution is -2.23. The van der Waals surface area contributed by atoms with Gasteiger partial charge in [0.2, 0.25) is 0 Å². The normalized spacial score (nSPS) is 14.5. The smallest absolute Gasteiger partial charge is 0.124 e. The predicted molar refractivity (Wildman–Crippen MR) is 76.4 cm³/mol. The fraction of sp³-hybridized carbons (Fsp3) is 0.286. The van der Waals surface area contributed by atoms with Crippen LogP contribution in [0.2, 0.25) is 0 Å². The number of aliphatic hydroxyl groups is 1. The Kier molecular flexibility index (Phi) is 3.90. The summed E-state index contributed by atoms with van der Waals surface area (Å²) < 4.78 is 13.7. The fourth-order valence-electron chi connectivity index (χ4n) is 1.85. The molecule has 0 amide bonds. The maximum Gasteiger partial charge on any atom is 0.124 e. The fourth-order valence-corrected chi connectivity index (χ4v) is 3.25. The van der Waals surface area contributed by atoms with E-state index >= 15 is 0 Å². The van der Waals surface area contributed by atoms with Crippen LogP contribution in [0, 0.1) is 12.7 Å². The molecule has 0 fully saturated rings. The molecule has 1 unspecified atom stereocenters. The Morgan fingerprint density at radius 2 is 2.06 bits per heavy atom. The molecule has 1 aromatic carbocycles. The van der Waals surface area contributed by atoms with E-state index in [2.05, 4.69) is 15.9 Å². The largest absolute Gasteiger partial charge is 0.384 e. The second-order valence-electron chi connectivity index (χ2n) is 4.60. The number of thiophene rings is 1. The number of hydrogen-bond acceptors (Lipinski definition) is 2. The van der Waals surface area contributed by atoms with Crippen LogP contribution in [-0.4, -0.2) is 5.11 Å². The van der Waals surface area contributed by atoms with Crippen molar-refractivity contribution in [2.45, 2.75) is 25.9 Å². The van der Waals surface area contributed by atoms with E-state index < -0.39 is 5.60 Å². The maximum atomic E-state index is 13.0. The Balaban J connectivity index is 2.27. The van der Waals surface area contributed by atoms with Gasteiger partial charge in [0.05, 0.1) is 5.60 Å². The molecule has 0 radical (unpaired) electrons. The minimum atomic E-state index is -0.931. The molecule has 18 heavy (non-hydrogen) atoms. The highest BCUT2D eigenvalue weighted by Gasteiger charge is 2.26. The number of halogens is 2. The van der Waals surface area contributed by atoms with Crippen molar-refractivity contribution in [1.82, 2.24) is 0 Å². The quantitative estimate of drug-likeness (QED) is 0.884. The summed E-state index contributed by atoms with van der Waals surface area (Å²) in [6.45, 7) is 3.80. The standard InChI is InChI=1S/C14H14BrFOS/c1-9-3-6-13(18-9)14(2,17)8-10-4-5-11(16)7-12(10)15/h3-7,17H,8H2,1-2H3. The van der Waals surface area contributed by atoms with Crippen molar-refractivity contribution in [2.24, 2.45) is 0 Å². The molecule has 4 heteroatoms. The molecule has 1 heterocycles. The predicted octanol–water partition coefficient (Wildman–Crippen LogP) is 4.41. The van der Waals surface area contributed by atoms with E-state index in [1.807, 2.05) is 19.1 Å². The maximum absolute atomic E-state index is 13.0. The summed E-state index contributed by atoms with van der Waals surface area (Å²) >= 11 is 4.91. The minimum Gasteiger partial charge on any atom is -0.384 e. The highest BCUT2D eigenvalue weighted by molar-refractivity contribution is 9.10. The molecular formula is C14H14BrFOS. The lowest BCUT2D eigenvalue weighted by molar-refractivity contribution is 0.0613. The van der Waals surface area contributed by atoms with Crippen molar-refractivity contribution in [1.29, 1.82) is 0 Å². The Bertz CT molecular complexity index is 563. The van der Waals surface area contributed by atoms with E-state index in [0.717, 1.165) is 10.4 Å². The number of rotatable bonds is 3. The van der Waals surface area contributed by atoms with Gasteiger partial charge in [-0.2, -0.15) is 0 Å². The molecule has 2 rings (SSSR count). The molecule has 1 N–H and O–H groups in total. The van der Waals surface area contributed by atoms with Gasteiger partial charge in [-0.1, -0.05) is 22.0 Å². The third-order valence-corrected chi connectivity index (χ3v) is 4.81. The van der Waals surface area contributed by atoms with Crippen molar-refractivity contribution in [3.05, 3.63) is 55.9 Å². The van der Waals surface area contributed by atoms with Crippen LogP contribution >= 0.6 is 27.3 Å². The molecule has 0 bridgehead atoms. The Morgan fingerprint density at radius 3 is 2.61 bits per heavy atom. The summed E-state index contributed by atoms with van der Waals surface area (Å²) in [6, 6.07) is 8.47. The van der Waals surface area contributed by atoms with E-state index in [0.29, 0.717) is 10.9 Å². The molecule has 0 aliphatic heterocycles. The zero-order valence-corrected chi connectivity index (χ0v) is 12.6. The molecule has 1 atom stereocenters.